The molecule has 0 radical (unpaired) electrons. The maximum absolute atomic E-state index is 11.4. The second kappa shape index (κ2) is 5.66. The highest BCUT2D eigenvalue weighted by Gasteiger charge is 2.27. The molecule has 0 aliphatic heterocycles. The molecule has 0 atom stereocenters. The van der Waals surface area contributed by atoms with Gasteiger partial charge in [-0.15, -0.1) is 0 Å². The first-order chi connectivity index (χ1) is 8.29. The van der Waals surface area contributed by atoms with Crippen molar-refractivity contribution < 1.29 is 14.3 Å². The van der Waals surface area contributed by atoms with E-state index < -0.39 is 0 Å². The van der Waals surface area contributed by atoms with Crippen LogP contribution < -0.4 is 4.74 Å². The van der Waals surface area contributed by atoms with E-state index in [9.17, 15) is 4.79 Å². The molecular weight excluding hydrogens is 218 g/mol. The third-order valence-corrected chi connectivity index (χ3v) is 3.16. The lowest BCUT2D eigenvalue weighted by molar-refractivity contribution is -0.147. The minimum absolute atomic E-state index is 0.0530. The van der Waals surface area contributed by atoms with Crippen LogP contribution in [-0.4, -0.2) is 24.2 Å². The smallest absolute Gasteiger partial charge is 0.308 e. The lowest BCUT2D eigenvalue weighted by Gasteiger charge is -2.27. The van der Waals surface area contributed by atoms with Gasteiger partial charge in [-0.05, 0) is 37.8 Å². The van der Waals surface area contributed by atoms with Crippen LogP contribution in [-0.2, 0) is 9.53 Å². The van der Waals surface area contributed by atoms with Gasteiger partial charge in [0, 0.05) is 12.4 Å². The van der Waals surface area contributed by atoms with Crippen molar-refractivity contribution >= 4 is 5.97 Å². The number of rotatable bonds is 3. The predicted molar refractivity (Wildman–Crippen MR) is 62.6 cm³/mol. The third kappa shape index (κ3) is 3.19. The number of aromatic nitrogens is 1. The number of hydrogen-bond donors (Lipinski definition) is 0. The molecule has 1 saturated carbocycles. The van der Waals surface area contributed by atoms with Crippen molar-refractivity contribution in [2.75, 3.05) is 7.11 Å². The highest BCUT2D eigenvalue weighted by atomic mass is 16.5. The molecule has 1 heterocycles. The summed E-state index contributed by atoms with van der Waals surface area (Å²) in [6.45, 7) is 0. The highest BCUT2D eigenvalue weighted by molar-refractivity contribution is 5.72. The number of nitrogens with zero attached hydrogens (tertiary/aromatic N) is 1. The summed E-state index contributed by atoms with van der Waals surface area (Å²) in [4.78, 5) is 15.3. The maximum Gasteiger partial charge on any atom is 0.308 e. The Morgan fingerprint density at radius 1 is 1.24 bits per heavy atom. The fourth-order valence-corrected chi connectivity index (χ4v) is 2.19. The molecule has 1 aromatic heterocycles. The first-order valence-corrected chi connectivity index (χ1v) is 5.94. The summed E-state index contributed by atoms with van der Waals surface area (Å²) in [5.74, 6) is 0.811. The van der Waals surface area contributed by atoms with E-state index in [1.807, 2.05) is 12.1 Å². The number of esters is 1. The molecule has 92 valence electrons. The van der Waals surface area contributed by atoms with Crippen molar-refractivity contribution in [3.8, 4) is 5.75 Å². The molecule has 0 amide bonds. The number of methoxy groups -OCH3 is 1. The fourth-order valence-electron chi connectivity index (χ4n) is 2.19. The van der Waals surface area contributed by atoms with Crippen LogP contribution in [0.25, 0.3) is 0 Å². The predicted octanol–water partition coefficient (Wildman–Crippen LogP) is 2.19. The Labute approximate surface area is 101 Å². The van der Waals surface area contributed by atoms with Crippen molar-refractivity contribution in [2.24, 2.45) is 5.92 Å². The van der Waals surface area contributed by atoms with Gasteiger partial charge in [-0.3, -0.25) is 9.78 Å². The zero-order valence-electron chi connectivity index (χ0n) is 9.96. The molecule has 0 saturated heterocycles. The number of hydrogen-bond acceptors (Lipinski definition) is 4. The zero-order chi connectivity index (χ0) is 12.1. The summed E-state index contributed by atoms with van der Waals surface area (Å²) < 4.78 is 10.6. The van der Waals surface area contributed by atoms with E-state index in [4.69, 9.17) is 9.47 Å². The Kier molecular flexibility index (Phi) is 3.96. The Bertz CT molecular complexity index is 358. The van der Waals surface area contributed by atoms with E-state index in [0.29, 0.717) is 0 Å². The van der Waals surface area contributed by atoms with Crippen LogP contribution in [0.5, 0.6) is 5.75 Å². The van der Waals surface area contributed by atoms with Gasteiger partial charge in [-0.1, -0.05) is 0 Å². The van der Waals surface area contributed by atoms with Crippen molar-refractivity contribution in [1.82, 2.24) is 4.98 Å². The van der Waals surface area contributed by atoms with Crippen LogP contribution >= 0.6 is 0 Å². The summed E-state index contributed by atoms with van der Waals surface area (Å²) in [5, 5.41) is 0. The van der Waals surface area contributed by atoms with Gasteiger partial charge in [0.15, 0.2) is 0 Å². The second-order valence-electron chi connectivity index (χ2n) is 4.30. The van der Waals surface area contributed by atoms with Gasteiger partial charge in [0.05, 0.1) is 19.1 Å². The van der Waals surface area contributed by atoms with Crippen molar-refractivity contribution in [3.63, 3.8) is 0 Å². The van der Waals surface area contributed by atoms with E-state index in [-0.39, 0.29) is 18.0 Å². The molecule has 0 spiro atoms. The van der Waals surface area contributed by atoms with Gasteiger partial charge >= 0.3 is 5.97 Å². The number of carbonyl (C=O) groups is 1. The maximum atomic E-state index is 11.4. The number of carbonyl (C=O) groups excluding carboxylic acids is 1. The van der Waals surface area contributed by atoms with Crippen molar-refractivity contribution in [2.45, 2.75) is 31.8 Å². The van der Waals surface area contributed by atoms with Gasteiger partial charge in [0.25, 0.3) is 0 Å². The average molecular weight is 235 g/mol. The standard InChI is InChI=1S/C13H17NO3/c1-16-13(15)10-2-4-11(5-3-10)17-12-6-8-14-9-7-12/h6-11H,2-5H2,1H3. The minimum Gasteiger partial charge on any atom is -0.490 e. The number of pyridine rings is 1. The molecule has 4 heteroatoms. The Morgan fingerprint density at radius 2 is 1.88 bits per heavy atom. The molecular formula is C13H17NO3. The van der Waals surface area contributed by atoms with Crippen LogP contribution in [0.2, 0.25) is 0 Å². The summed E-state index contributed by atoms with van der Waals surface area (Å²) in [5.41, 5.74) is 0. The van der Waals surface area contributed by atoms with Crippen LogP contribution in [0, 0.1) is 5.92 Å². The molecule has 1 fully saturated rings. The molecule has 0 unspecified atom stereocenters. The summed E-state index contributed by atoms with van der Waals surface area (Å²) in [7, 11) is 1.45. The van der Waals surface area contributed by atoms with Crippen molar-refractivity contribution in [3.05, 3.63) is 24.5 Å². The molecule has 0 N–H and O–H groups in total. The Balaban J connectivity index is 1.82. The molecule has 1 aliphatic carbocycles. The van der Waals surface area contributed by atoms with Gasteiger partial charge in [-0.2, -0.15) is 0 Å². The Morgan fingerprint density at radius 3 is 2.47 bits per heavy atom. The fraction of sp³-hybridized carbons (Fsp3) is 0.538. The monoisotopic (exact) mass is 235 g/mol. The second-order valence-corrected chi connectivity index (χ2v) is 4.30. The first kappa shape index (κ1) is 11.9. The summed E-state index contributed by atoms with van der Waals surface area (Å²) >= 11 is 0. The lowest BCUT2D eigenvalue weighted by Crippen LogP contribution is -2.28. The van der Waals surface area contributed by atoms with Crippen molar-refractivity contribution in [1.29, 1.82) is 0 Å². The summed E-state index contributed by atoms with van der Waals surface area (Å²) in [6.07, 6.45) is 7.15. The molecule has 17 heavy (non-hydrogen) atoms. The normalized spacial score (nSPS) is 24.1. The molecule has 0 bridgehead atoms. The summed E-state index contributed by atoms with van der Waals surface area (Å²) in [6, 6.07) is 3.71. The van der Waals surface area contributed by atoms with Crippen LogP contribution in [0.3, 0.4) is 0 Å². The molecule has 4 nitrogen and oxygen atoms in total. The highest BCUT2D eigenvalue weighted by Crippen LogP contribution is 2.28. The largest absolute Gasteiger partial charge is 0.490 e. The van der Waals surface area contributed by atoms with Gasteiger partial charge < -0.3 is 9.47 Å². The van der Waals surface area contributed by atoms with Crippen LogP contribution in [0.1, 0.15) is 25.7 Å². The SMILES string of the molecule is COC(=O)C1CCC(Oc2ccncc2)CC1. The van der Waals surface area contributed by atoms with Gasteiger partial charge in [0.2, 0.25) is 0 Å². The molecule has 2 rings (SSSR count). The van der Waals surface area contributed by atoms with Crippen LogP contribution in [0.15, 0.2) is 24.5 Å². The van der Waals surface area contributed by atoms with E-state index in [0.717, 1.165) is 31.4 Å². The zero-order valence-corrected chi connectivity index (χ0v) is 9.96. The lowest BCUT2D eigenvalue weighted by atomic mass is 9.87. The van der Waals surface area contributed by atoms with E-state index in [1.54, 1.807) is 12.4 Å². The van der Waals surface area contributed by atoms with E-state index in [2.05, 4.69) is 4.98 Å². The van der Waals surface area contributed by atoms with E-state index >= 15 is 0 Å². The number of ether oxygens (including phenoxy) is 2. The minimum atomic E-state index is -0.0904. The quantitative estimate of drug-likeness (QED) is 0.753. The van der Waals surface area contributed by atoms with Crippen LogP contribution in [0.4, 0.5) is 0 Å². The average Bonchev–Trinajstić information content (AvgIpc) is 2.40. The van der Waals surface area contributed by atoms with E-state index in [1.165, 1.54) is 7.11 Å². The first-order valence-electron chi connectivity index (χ1n) is 5.94. The molecule has 1 aliphatic rings. The molecule has 1 aromatic rings. The van der Waals surface area contributed by atoms with Gasteiger partial charge in [0.1, 0.15) is 5.75 Å². The third-order valence-electron chi connectivity index (χ3n) is 3.16. The van der Waals surface area contributed by atoms with Gasteiger partial charge in [-0.25, -0.2) is 0 Å². The topological polar surface area (TPSA) is 48.4 Å². The molecule has 0 aromatic carbocycles. The Hall–Kier alpha value is -1.58.